The van der Waals surface area contributed by atoms with E-state index in [1.807, 2.05) is 11.9 Å². The molecule has 0 aliphatic carbocycles. The first-order valence-corrected chi connectivity index (χ1v) is 5.16. The summed E-state index contributed by atoms with van der Waals surface area (Å²) in [5, 5.41) is 0. The second kappa shape index (κ2) is 4.17. The number of carbonyl (C=O) groups excluding carboxylic acids is 1. The van der Waals surface area contributed by atoms with Crippen molar-refractivity contribution in [3.8, 4) is 0 Å². The molecular formula is C10H21N3O. The van der Waals surface area contributed by atoms with Crippen molar-refractivity contribution in [3.63, 3.8) is 0 Å². The monoisotopic (exact) mass is 199 g/mol. The van der Waals surface area contributed by atoms with E-state index in [4.69, 9.17) is 5.73 Å². The summed E-state index contributed by atoms with van der Waals surface area (Å²) in [5.74, 6) is 0. The van der Waals surface area contributed by atoms with E-state index in [-0.39, 0.29) is 11.4 Å². The Morgan fingerprint density at radius 2 is 2.07 bits per heavy atom. The normalized spacial score (nSPS) is 19.0. The Morgan fingerprint density at radius 1 is 1.43 bits per heavy atom. The summed E-state index contributed by atoms with van der Waals surface area (Å²) in [7, 11) is 1.85. The highest BCUT2D eigenvalue weighted by Crippen LogP contribution is 2.18. The molecule has 0 aromatic carbocycles. The summed E-state index contributed by atoms with van der Waals surface area (Å²) < 4.78 is 0. The summed E-state index contributed by atoms with van der Waals surface area (Å²) >= 11 is 0. The zero-order valence-corrected chi connectivity index (χ0v) is 9.42. The predicted molar refractivity (Wildman–Crippen MR) is 57.1 cm³/mol. The summed E-state index contributed by atoms with van der Waals surface area (Å²) in [4.78, 5) is 15.4. The lowest BCUT2D eigenvalue weighted by molar-refractivity contribution is 0.119. The molecule has 82 valence electrons. The van der Waals surface area contributed by atoms with Crippen LogP contribution in [0.2, 0.25) is 0 Å². The zero-order valence-electron chi connectivity index (χ0n) is 9.42. The van der Waals surface area contributed by atoms with Crippen molar-refractivity contribution in [3.05, 3.63) is 0 Å². The highest BCUT2D eigenvalue weighted by Gasteiger charge is 2.27. The van der Waals surface area contributed by atoms with Gasteiger partial charge in [0.1, 0.15) is 0 Å². The lowest BCUT2D eigenvalue weighted by atomic mass is 9.93. The maximum Gasteiger partial charge on any atom is 0.319 e. The second-order valence-electron chi connectivity index (χ2n) is 4.85. The van der Waals surface area contributed by atoms with Gasteiger partial charge in [0.05, 0.1) is 0 Å². The maximum atomic E-state index is 11.7. The molecule has 1 saturated heterocycles. The van der Waals surface area contributed by atoms with Crippen molar-refractivity contribution in [1.82, 2.24) is 9.80 Å². The van der Waals surface area contributed by atoms with E-state index in [1.165, 1.54) is 0 Å². The Hall–Kier alpha value is -0.770. The SMILES string of the molecule is CN1CCCN(CC(C)(C)CN)C1=O. The highest BCUT2D eigenvalue weighted by atomic mass is 16.2. The third-order valence-corrected chi connectivity index (χ3v) is 2.69. The Kier molecular flexibility index (Phi) is 3.37. The Bertz CT molecular complexity index is 215. The van der Waals surface area contributed by atoms with Crippen molar-refractivity contribution in [2.45, 2.75) is 20.3 Å². The topological polar surface area (TPSA) is 49.6 Å². The van der Waals surface area contributed by atoms with Gasteiger partial charge in [-0.3, -0.25) is 0 Å². The summed E-state index contributed by atoms with van der Waals surface area (Å²) in [5.41, 5.74) is 5.67. The standard InChI is InChI=1S/C10H21N3O/c1-10(2,7-11)8-13-6-4-5-12(3)9(13)14/h4-8,11H2,1-3H3. The molecule has 1 aliphatic heterocycles. The molecule has 0 aromatic rings. The van der Waals surface area contributed by atoms with Crippen LogP contribution in [0, 0.1) is 5.41 Å². The van der Waals surface area contributed by atoms with Crippen molar-refractivity contribution < 1.29 is 4.79 Å². The Morgan fingerprint density at radius 3 is 2.64 bits per heavy atom. The number of urea groups is 1. The van der Waals surface area contributed by atoms with Gasteiger partial charge in [-0.25, -0.2) is 4.79 Å². The number of nitrogens with two attached hydrogens (primary N) is 1. The van der Waals surface area contributed by atoms with Crippen LogP contribution in [0.25, 0.3) is 0 Å². The van der Waals surface area contributed by atoms with E-state index < -0.39 is 0 Å². The number of carbonyl (C=O) groups is 1. The maximum absolute atomic E-state index is 11.7. The van der Waals surface area contributed by atoms with Crippen LogP contribution in [0.3, 0.4) is 0 Å². The van der Waals surface area contributed by atoms with Crippen LogP contribution in [-0.4, -0.2) is 49.1 Å². The average Bonchev–Trinajstić information content (AvgIpc) is 2.13. The molecule has 1 rings (SSSR count). The first-order valence-electron chi connectivity index (χ1n) is 5.16. The summed E-state index contributed by atoms with van der Waals surface area (Å²) in [6.07, 6.45) is 1.06. The number of amides is 2. The minimum atomic E-state index is 0.0217. The third-order valence-electron chi connectivity index (χ3n) is 2.69. The van der Waals surface area contributed by atoms with Gasteiger partial charge in [0.25, 0.3) is 0 Å². The van der Waals surface area contributed by atoms with Gasteiger partial charge < -0.3 is 15.5 Å². The van der Waals surface area contributed by atoms with Crippen LogP contribution in [0.1, 0.15) is 20.3 Å². The fourth-order valence-electron chi connectivity index (χ4n) is 1.66. The molecule has 0 radical (unpaired) electrons. The fraction of sp³-hybridized carbons (Fsp3) is 0.900. The van der Waals surface area contributed by atoms with Gasteiger partial charge in [-0.1, -0.05) is 13.8 Å². The lowest BCUT2D eigenvalue weighted by Gasteiger charge is -2.37. The number of hydrogen-bond acceptors (Lipinski definition) is 2. The van der Waals surface area contributed by atoms with Gasteiger partial charge in [-0.2, -0.15) is 0 Å². The first-order chi connectivity index (χ1) is 6.46. The van der Waals surface area contributed by atoms with Gasteiger partial charge in [0.15, 0.2) is 0 Å². The van der Waals surface area contributed by atoms with E-state index >= 15 is 0 Å². The molecule has 0 bridgehead atoms. The molecule has 1 heterocycles. The fourth-order valence-corrected chi connectivity index (χ4v) is 1.66. The molecule has 1 aliphatic rings. The van der Waals surface area contributed by atoms with E-state index in [0.717, 1.165) is 26.1 Å². The quantitative estimate of drug-likeness (QED) is 0.728. The average molecular weight is 199 g/mol. The molecule has 4 heteroatoms. The van der Waals surface area contributed by atoms with Crippen molar-refractivity contribution in [1.29, 1.82) is 0 Å². The summed E-state index contributed by atoms with van der Waals surface area (Å²) in [6, 6.07) is 0.137. The van der Waals surface area contributed by atoms with Gasteiger partial charge in [-0.05, 0) is 18.4 Å². The van der Waals surface area contributed by atoms with Crippen LogP contribution in [0.15, 0.2) is 0 Å². The first kappa shape index (κ1) is 11.3. The molecule has 4 nitrogen and oxygen atoms in total. The molecule has 2 N–H and O–H groups in total. The minimum absolute atomic E-state index is 0.0217. The van der Waals surface area contributed by atoms with Crippen LogP contribution in [-0.2, 0) is 0 Å². The number of rotatable bonds is 3. The largest absolute Gasteiger partial charge is 0.330 e. The number of nitrogens with zero attached hydrogens (tertiary/aromatic N) is 2. The van der Waals surface area contributed by atoms with Crippen molar-refractivity contribution >= 4 is 6.03 Å². The van der Waals surface area contributed by atoms with Crippen LogP contribution in [0.4, 0.5) is 4.79 Å². The molecule has 2 amide bonds. The number of hydrogen-bond donors (Lipinski definition) is 1. The third kappa shape index (κ3) is 2.61. The van der Waals surface area contributed by atoms with Gasteiger partial charge in [-0.15, -0.1) is 0 Å². The van der Waals surface area contributed by atoms with Gasteiger partial charge >= 0.3 is 6.03 Å². The predicted octanol–water partition coefficient (Wildman–Crippen LogP) is 0.729. The van der Waals surface area contributed by atoms with Crippen molar-refractivity contribution in [2.75, 3.05) is 33.2 Å². The molecule has 0 atom stereocenters. The molecule has 1 fully saturated rings. The molecule has 0 aromatic heterocycles. The Balaban J connectivity index is 2.55. The van der Waals surface area contributed by atoms with E-state index in [2.05, 4.69) is 13.8 Å². The van der Waals surface area contributed by atoms with Crippen LogP contribution >= 0.6 is 0 Å². The Labute approximate surface area is 86.0 Å². The second-order valence-corrected chi connectivity index (χ2v) is 4.85. The van der Waals surface area contributed by atoms with Crippen LogP contribution in [0.5, 0.6) is 0 Å². The minimum Gasteiger partial charge on any atom is -0.330 e. The van der Waals surface area contributed by atoms with Crippen LogP contribution < -0.4 is 5.73 Å². The smallest absolute Gasteiger partial charge is 0.319 e. The molecule has 0 saturated carbocycles. The molecule has 0 spiro atoms. The van der Waals surface area contributed by atoms with Gasteiger partial charge in [0.2, 0.25) is 0 Å². The molecular weight excluding hydrogens is 178 g/mol. The summed E-state index contributed by atoms with van der Waals surface area (Å²) in [6.45, 7) is 7.29. The van der Waals surface area contributed by atoms with E-state index in [1.54, 1.807) is 4.90 Å². The highest BCUT2D eigenvalue weighted by molar-refractivity contribution is 5.74. The van der Waals surface area contributed by atoms with E-state index in [0.29, 0.717) is 6.54 Å². The van der Waals surface area contributed by atoms with E-state index in [9.17, 15) is 4.79 Å². The zero-order chi connectivity index (χ0) is 10.8. The van der Waals surface area contributed by atoms with Gasteiger partial charge in [0, 0.05) is 26.7 Å². The molecule has 14 heavy (non-hydrogen) atoms. The van der Waals surface area contributed by atoms with Crippen molar-refractivity contribution in [2.24, 2.45) is 11.1 Å². The molecule has 0 unspecified atom stereocenters. The lowest BCUT2D eigenvalue weighted by Crippen LogP contribution is -2.51.